The van der Waals surface area contributed by atoms with Crippen molar-refractivity contribution >= 4 is 15.8 Å². The summed E-state index contributed by atoms with van der Waals surface area (Å²) in [5.41, 5.74) is -0.516. The van der Waals surface area contributed by atoms with Gasteiger partial charge in [-0.05, 0) is 93.2 Å². The van der Waals surface area contributed by atoms with Crippen LogP contribution in [0.3, 0.4) is 0 Å². The summed E-state index contributed by atoms with van der Waals surface area (Å²) in [5.74, 6) is -0.0929. The molecule has 3 aliphatic carbocycles. The number of hydrogen-bond donors (Lipinski definition) is 2. The van der Waals surface area contributed by atoms with Crippen LogP contribution in [0.4, 0.5) is 13.2 Å². The fourth-order valence-electron chi connectivity index (χ4n) is 7.94. The van der Waals surface area contributed by atoms with Crippen LogP contribution in [0.2, 0.25) is 0 Å². The Labute approximate surface area is 304 Å². The largest absolute Gasteiger partial charge is 0.497 e. The molecule has 2 bridgehead atoms. The Morgan fingerprint density at radius 2 is 1.77 bits per heavy atom. The number of ketones is 1. The van der Waals surface area contributed by atoms with Gasteiger partial charge in [-0.2, -0.15) is 17.5 Å². The summed E-state index contributed by atoms with van der Waals surface area (Å²) in [5, 5.41) is 23.7. The highest BCUT2D eigenvalue weighted by Crippen LogP contribution is 2.59. The number of alkyl halides is 3. The average Bonchev–Trinajstić information content (AvgIpc) is 3.34. The Kier molecular flexibility index (Phi) is 11.6. The summed E-state index contributed by atoms with van der Waals surface area (Å²) in [4.78, 5) is 14.3. The number of aliphatic hydroxyl groups is 2. The van der Waals surface area contributed by atoms with Crippen LogP contribution in [-0.4, -0.2) is 67.4 Å². The summed E-state index contributed by atoms with van der Waals surface area (Å²) < 4.78 is 80.0. The average molecular weight is 744 g/mol. The van der Waals surface area contributed by atoms with Crippen LogP contribution < -0.4 is 9.47 Å². The molecule has 0 aromatic heterocycles. The van der Waals surface area contributed by atoms with Gasteiger partial charge in [-0.15, -0.1) is 0 Å². The summed E-state index contributed by atoms with van der Waals surface area (Å²) >= 11 is 0. The molecule has 2 N–H and O–H groups in total. The molecular formula is C40H48F3NO7S. The van der Waals surface area contributed by atoms with Crippen molar-refractivity contribution in [1.82, 2.24) is 4.31 Å². The van der Waals surface area contributed by atoms with Crippen LogP contribution in [-0.2, 0) is 29.2 Å². The first-order chi connectivity index (χ1) is 24.4. The van der Waals surface area contributed by atoms with Crippen LogP contribution in [0.5, 0.6) is 11.5 Å². The van der Waals surface area contributed by atoms with Crippen molar-refractivity contribution in [2.45, 2.75) is 89.1 Å². The zero-order valence-electron chi connectivity index (χ0n) is 30.3. The highest BCUT2D eigenvalue weighted by atomic mass is 32.2. The summed E-state index contributed by atoms with van der Waals surface area (Å²) in [6, 6.07) is 14.7. The minimum absolute atomic E-state index is 0.0790. The molecule has 1 saturated carbocycles. The van der Waals surface area contributed by atoms with Crippen LogP contribution >= 0.6 is 0 Å². The van der Waals surface area contributed by atoms with Gasteiger partial charge in [-0.3, -0.25) is 4.79 Å². The first kappa shape index (κ1) is 39.5. The predicted octanol–water partition coefficient (Wildman–Crippen LogP) is 7.45. The lowest BCUT2D eigenvalue weighted by Crippen LogP contribution is -2.53. The SMILES string of the molecule is COc1ccc(CN(C[C@]2(O)CC[C@H]3c4ccc(cc4C(=O)c4cccc(C(F)(F)F)c4)C[C@@H](O)CCC(C)=CCC[C@@]32C)S(C)(=O)=O)c(OC)c1. The zero-order valence-corrected chi connectivity index (χ0v) is 31.1. The van der Waals surface area contributed by atoms with Crippen molar-refractivity contribution < 1.29 is 46.1 Å². The number of carbonyl (C=O) groups is 1. The molecule has 4 atom stereocenters. The van der Waals surface area contributed by atoms with Gasteiger partial charge < -0.3 is 19.7 Å². The van der Waals surface area contributed by atoms with Gasteiger partial charge >= 0.3 is 6.18 Å². The molecule has 0 amide bonds. The lowest BCUT2D eigenvalue weighted by atomic mass is 9.64. The van der Waals surface area contributed by atoms with E-state index >= 15 is 0 Å². The maximum atomic E-state index is 14.3. The minimum Gasteiger partial charge on any atom is -0.497 e. The van der Waals surface area contributed by atoms with E-state index in [0.29, 0.717) is 60.3 Å². The number of sulfonamides is 1. The molecule has 8 nitrogen and oxygen atoms in total. The summed E-state index contributed by atoms with van der Waals surface area (Å²) in [6.07, 6.45) is 0.757. The van der Waals surface area contributed by atoms with Crippen molar-refractivity contribution in [2.24, 2.45) is 5.41 Å². The van der Waals surface area contributed by atoms with Crippen molar-refractivity contribution in [3.63, 3.8) is 0 Å². The molecule has 3 aromatic carbocycles. The molecule has 6 rings (SSSR count). The van der Waals surface area contributed by atoms with Crippen LogP contribution in [0.25, 0.3) is 0 Å². The lowest BCUT2D eigenvalue weighted by Gasteiger charge is -2.45. The van der Waals surface area contributed by atoms with E-state index in [9.17, 15) is 36.6 Å². The van der Waals surface area contributed by atoms with Gasteiger partial charge in [0, 0.05) is 41.3 Å². The monoisotopic (exact) mass is 743 g/mol. The molecular weight excluding hydrogens is 696 g/mol. The number of benzene rings is 3. The predicted molar refractivity (Wildman–Crippen MR) is 193 cm³/mol. The first-order valence-corrected chi connectivity index (χ1v) is 19.3. The van der Waals surface area contributed by atoms with E-state index in [0.717, 1.165) is 24.0 Å². The number of halogens is 3. The van der Waals surface area contributed by atoms with E-state index in [-0.39, 0.29) is 37.1 Å². The quantitative estimate of drug-likeness (QED) is 0.173. The number of allylic oxidation sites excluding steroid dienone is 2. The molecule has 0 spiro atoms. The maximum Gasteiger partial charge on any atom is 0.416 e. The molecule has 12 heteroatoms. The van der Waals surface area contributed by atoms with E-state index in [1.165, 1.54) is 30.7 Å². The van der Waals surface area contributed by atoms with Gasteiger partial charge in [-0.1, -0.05) is 48.9 Å². The Bertz CT molecular complexity index is 1930. The second-order valence-corrected chi connectivity index (χ2v) is 16.5. The van der Waals surface area contributed by atoms with Crippen LogP contribution in [0, 0.1) is 5.41 Å². The third kappa shape index (κ3) is 8.40. The molecule has 0 radical (unpaired) electrons. The van der Waals surface area contributed by atoms with Gasteiger partial charge in [0.15, 0.2) is 5.78 Å². The highest BCUT2D eigenvalue weighted by molar-refractivity contribution is 7.88. The first-order valence-electron chi connectivity index (χ1n) is 17.5. The van der Waals surface area contributed by atoms with Crippen molar-refractivity contribution in [3.05, 3.63) is 106 Å². The molecule has 0 unspecified atom stereocenters. The molecule has 0 heterocycles. The van der Waals surface area contributed by atoms with Crippen LogP contribution in [0.1, 0.15) is 96.5 Å². The number of methoxy groups -OCH3 is 2. The molecule has 3 aliphatic rings. The van der Waals surface area contributed by atoms with E-state index in [2.05, 4.69) is 6.08 Å². The minimum atomic E-state index is -4.65. The van der Waals surface area contributed by atoms with E-state index in [4.69, 9.17) is 9.47 Å². The van der Waals surface area contributed by atoms with Crippen molar-refractivity contribution in [3.8, 4) is 11.5 Å². The fourth-order valence-corrected chi connectivity index (χ4v) is 8.77. The van der Waals surface area contributed by atoms with Crippen LogP contribution in [0.15, 0.2) is 72.3 Å². The number of fused-ring (bicyclic) bond motifs is 8. The second kappa shape index (κ2) is 15.3. The molecule has 0 aliphatic heterocycles. The third-order valence-electron chi connectivity index (χ3n) is 11.1. The maximum absolute atomic E-state index is 14.3. The number of carbonyl (C=O) groups excluding carboxylic acids is 1. The lowest BCUT2D eigenvalue weighted by molar-refractivity contribution is -0.137. The van der Waals surface area contributed by atoms with Gasteiger partial charge in [0.05, 0.1) is 37.7 Å². The molecule has 1 fully saturated rings. The number of hydrogen-bond acceptors (Lipinski definition) is 7. The summed E-state index contributed by atoms with van der Waals surface area (Å²) in [6.45, 7) is 3.60. The van der Waals surface area contributed by atoms with E-state index in [1.807, 2.05) is 19.9 Å². The topological polar surface area (TPSA) is 113 Å². The molecule has 282 valence electrons. The van der Waals surface area contributed by atoms with Gasteiger partial charge in [0.2, 0.25) is 10.0 Å². The molecule has 52 heavy (non-hydrogen) atoms. The van der Waals surface area contributed by atoms with Crippen molar-refractivity contribution in [1.29, 1.82) is 0 Å². The molecule has 0 saturated heterocycles. The number of ether oxygens (including phenoxy) is 2. The number of nitrogens with zero attached hydrogens (tertiary/aromatic N) is 1. The van der Waals surface area contributed by atoms with E-state index < -0.39 is 50.6 Å². The highest BCUT2D eigenvalue weighted by Gasteiger charge is 2.58. The van der Waals surface area contributed by atoms with Gasteiger partial charge in [0.1, 0.15) is 11.5 Å². The Balaban J connectivity index is 1.62. The normalized spacial score (nSPS) is 24.2. The standard InChI is InChI=1S/C40H48F3NO7S/c1-26-8-7-18-38(2)35(17-19-39(38,47)25-44(52(5,48)49)24-29-13-15-32(50-3)23-36(29)51-4)33-16-12-27(20-31(45)14-11-26)21-34(33)37(46)28-9-6-10-30(22-28)40(41,42)43/h6,8-10,12-13,15-16,21-23,31,35,45,47H,7,11,14,17-20,24-25H2,1-5H3/t31-,35-,38-,39+/m0/s1. The zero-order chi connectivity index (χ0) is 38.1. The van der Waals surface area contributed by atoms with Gasteiger partial charge in [-0.25, -0.2) is 8.42 Å². The van der Waals surface area contributed by atoms with Gasteiger partial charge in [0.25, 0.3) is 0 Å². The smallest absolute Gasteiger partial charge is 0.416 e. The third-order valence-corrected chi connectivity index (χ3v) is 12.3. The Morgan fingerprint density at radius 1 is 1.02 bits per heavy atom. The number of aliphatic hydroxyl groups excluding tert-OH is 1. The fraction of sp³-hybridized carbons (Fsp3) is 0.475. The van der Waals surface area contributed by atoms with E-state index in [1.54, 1.807) is 30.3 Å². The molecule has 3 aromatic rings. The number of rotatable bonds is 9. The van der Waals surface area contributed by atoms with Crippen molar-refractivity contribution in [2.75, 3.05) is 27.0 Å². The Hall–Kier alpha value is -3.71. The summed E-state index contributed by atoms with van der Waals surface area (Å²) in [7, 11) is -0.879. The Morgan fingerprint density at radius 3 is 2.44 bits per heavy atom. The second-order valence-electron chi connectivity index (χ2n) is 14.6.